The van der Waals surface area contributed by atoms with Gasteiger partial charge in [-0.15, -0.1) is 0 Å². The average molecular weight is 457 g/mol. The lowest BCUT2D eigenvalue weighted by atomic mass is 10.00. The third-order valence-electron chi connectivity index (χ3n) is 5.53. The topological polar surface area (TPSA) is 138 Å². The van der Waals surface area contributed by atoms with E-state index in [4.69, 9.17) is 4.52 Å². The number of rotatable bonds is 7. The second kappa shape index (κ2) is 9.28. The second-order valence-electron chi connectivity index (χ2n) is 7.90. The van der Waals surface area contributed by atoms with Gasteiger partial charge < -0.3 is 25.6 Å². The first-order chi connectivity index (χ1) is 16.6. The first-order valence-electron chi connectivity index (χ1n) is 10.9. The number of hydrogen-bond acceptors (Lipinski definition) is 9. The van der Waals surface area contributed by atoms with Crippen molar-refractivity contribution in [1.82, 2.24) is 25.4 Å². The molecule has 1 unspecified atom stereocenters. The largest absolute Gasteiger partial charge is 0.394 e. The van der Waals surface area contributed by atoms with Crippen molar-refractivity contribution in [3.63, 3.8) is 0 Å². The standard InChI is InChI=1S/C24H23N7O3/c1-14-27-23(34-31-14)19-12-26-24(28-17-7-8-18-16(11-17)9-10-25-22(18)33)30-21(19)29-20(13-32)15-5-3-2-4-6-15/h2-8,11-12,20,32H,9-10,13H2,1H3,(H,25,33)(H2,26,28,29,30). The molecule has 172 valence electrons. The van der Waals surface area contributed by atoms with Crippen LogP contribution in [-0.2, 0) is 6.42 Å². The van der Waals surface area contributed by atoms with Gasteiger partial charge in [0.05, 0.1) is 12.6 Å². The molecule has 3 heterocycles. The van der Waals surface area contributed by atoms with Crippen LogP contribution in [-0.4, -0.2) is 44.3 Å². The highest BCUT2D eigenvalue weighted by molar-refractivity contribution is 5.97. The minimum Gasteiger partial charge on any atom is -0.394 e. The van der Waals surface area contributed by atoms with Gasteiger partial charge in [-0.1, -0.05) is 35.5 Å². The van der Waals surface area contributed by atoms with Gasteiger partial charge in [-0.3, -0.25) is 4.79 Å². The van der Waals surface area contributed by atoms with Gasteiger partial charge >= 0.3 is 0 Å². The number of carbonyl (C=O) groups excluding carboxylic acids is 1. The summed E-state index contributed by atoms with van der Waals surface area (Å²) in [5, 5.41) is 23.2. The molecule has 0 saturated heterocycles. The van der Waals surface area contributed by atoms with Crippen LogP contribution in [0.4, 0.5) is 17.5 Å². The zero-order chi connectivity index (χ0) is 23.5. The molecular formula is C24H23N7O3. The molecule has 0 bridgehead atoms. The minimum absolute atomic E-state index is 0.0642. The molecule has 2 aromatic carbocycles. The Morgan fingerprint density at radius 2 is 2.00 bits per heavy atom. The van der Waals surface area contributed by atoms with Crippen LogP contribution >= 0.6 is 0 Å². The first-order valence-corrected chi connectivity index (χ1v) is 10.9. The van der Waals surface area contributed by atoms with Gasteiger partial charge in [-0.2, -0.15) is 9.97 Å². The van der Waals surface area contributed by atoms with E-state index < -0.39 is 6.04 Å². The smallest absolute Gasteiger partial charge is 0.263 e. The lowest BCUT2D eigenvalue weighted by molar-refractivity contribution is 0.0946. The van der Waals surface area contributed by atoms with Crippen LogP contribution in [0.25, 0.3) is 11.5 Å². The molecular weight excluding hydrogens is 434 g/mol. The number of nitrogens with zero attached hydrogens (tertiary/aromatic N) is 4. The third kappa shape index (κ3) is 4.44. The number of nitrogens with one attached hydrogen (secondary N) is 3. The van der Waals surface area contributed by atoms with Crippen LogP contribution in [0.3, 0.4) is 0 Å². The zero-order valence-corrected chi connectivity index (χ0v) is 18.4. The lowest BCUT2D eigenvalue weighted by Crippen LogP contribution is -2.31. The summed E-state index contributed by atoms with van der Waals surface area (Å²) in [7, 11) is 0. The van der Waals surface area contributed by atoms with E-state index in [-0.39, 0.29) is 18.4 Å². The Kier molecular flexibility index (Phi) is 5.88. The van der Waals surface area contributed by atoms with E-state index in [0.717, 1.165) is 23.2 Å². The highest BCUT2D eigenvalue weighted by Crippen LogP contribution is 2.30. The molecule has 10 nitrogen and oxygen atoms in total. The van der Waals surface area contributed by atoms with E-state index in [1.807, 2.05) is 42.5 Å². The monoisotopic (exact) mass is 457 g/mol. The van der Waals surface area contributed by atoms with Gasteiger partial charge in [0.25, 0.3) is 11.8 Å². The fourth-order valence-electron chi connectivity index (χ4n) is 3.83. The second-order valence-corrected chi connectivity index (χ2v) is 7.90. The van der Waals surface area contributed by atoms with E-state index >= 15 is 0 Å². The van der Waals surface area contributed by atoms with Crippen LogP contribution in [0.2, 0.25) is 0 Å². The van der Waals surface area contributed by atoms with Gasteiger partial charge in [0, 0.05) is 24.0 Å². The van der Waals surface area contributed by atoms with Crippen LogP contribution in [0.1, 0.15) is 33.4 Å². The Morgan fingerprint density at radius 3 is 2.76 bits per heavy atom. The Hall–Kier alpha value is -4.31. The van der Waals surface area contributed by atoms with Crippen molar-refractivity contribution < 1.29 is 14.4 Å². The molecule has 1 aliphatic rings. The summed E-state index contributed by atoms with van der Waals surface area (Å²) in [5.74, 6) is 1.47. The van der Waals surface area contributed by atoms with Gasteiger partial charge in [-0.25, -0.2) is 4.98 Å². The summed E-state index contributed by atoms with van der Waals surface area (Å²) in [4.78, 5) is 25.4. The molecule has 34 heavy (non-hydrogen) atoms. The van der Waals surface area contributed by atoms with Crippen molar-refractivity contribution in [3.05, 3.63) is 77.2 Å². The maximum absolute atomic E-state index is 12.0. The molecule has 0 spiro atoms. The maximum atomic E-state index is 12.0. The van der Waals surface area contributed by atoms with Gasteiger partial charge in [0.1, 0.15) is 11.4 Å². The number of aryl methyl sites for hydroxylation is 1. The van der Waals surface area contributed by atoms with E-state index in [0.29, 0.717) is 35.3 Å². The third-order valence-corrected chi connectivity index (χ3v) is 5.53. The molecule has 1 aliphatic heterocycles. The fourth-order valence-corrected chi connectivity index (χ4v) is 3.83. The number of carbonyl (C=O) groups is 1. The number of benzene rings is 2. The predicted octanol–water partition coefficient (Wildman–Crippen LogP) is 3.01. The molecule has 0 aliphatic carbocycles. The summed E-state index contributed by atoms with van der Waals surface area (Å²) in [5.41, 5.74) is 3.83. The maximum Gasteiger partial charge on any atom is 0.263 e. The number of amides is 1. The molecule has 4 aromatic rings. The van der Waals surface area contributed by atoms with Crippen LogP contribution in [0.5, 0.6) is 0 Å². The quantitative estimate of drug-likeness (QED) is 0.330. The van der Waals surface area contributed by atoms with E-state index in [2.05, 4.69) is 36.1 Å². The van der Waals surface area contributed by atoms with Gasteiger partial charge in [-0.05, 0) is 42.7 Å². The molecule has 1 atom stereocenters. The molecule has 0 saturated carbocycles. The Balaban J connectivity index is 1.48. The normalized spacial score (nSPS) is 13.6. The highest BCUT2D eigenvalue weighted by Gasteiger charge is 2.20. The van der Waals surface area contributed by atoms with Crippen LogP contribution in [0.15, 0.2) is 59.3 Å². The molecule has 1 amide bonds. The average Bonchev–Trinajstić information content (AvgIpc) is 3.29. The first kappa shape index (κ1) is 21.5. The summed E-state index contributed by atoms with van der Waals surface area (Å²) in [6.45, 7) is 2.19. The summed E-state index contributed by atoms with van der Waals surface area (Å²) >= 11 is 0. The number of aliphatic hydroxyl groups excluding tert-OH is 1. The Bertz CT molecular complexity index is 1320. The zero-order valence-electron chi connectivity index (χ0n) is 18.4. The van der Waals surface area contributed by atoms with Crippen molar-refractivity contribution in [2.75, 3.05) is 23.8 Å². The van der Waals surface area contributed by atoms with Crippen LogP contribution in [0, 0.1) is 6.92 Å². The molecule has 5 rings (SSSR count). The summed E-state index contributed by atoms with van der Waals surface area (Å²) < 4.78 is 5.34. The fraction of sp³-hybridized carbons (Fsp3) is 0.208. The number of aliphatic hydroxyl groups is 1. The molecule has 0 radical (unpaired) electrons. The van der Waals surface area contributed by atoms with Crippen molar-refractivity contribution in [3.8, 4) is 11.5 Å². The van der Waals surface area contributed by atoms with Gasteiger partial charge in [0.2, 0.25) is 5.95 Å². The minimum atomic E-state index is -0.408. The molecule has 10 heteroatoms. The summed E-state index contributed by atoms with van der Waals surface area (Å²) in [6.07, 6.45) is 2.35. The number of aromatic nitrogens is 4. The van der Waals surface area contributed by atoms with Crippen molar-refractivity contribution in [2.45, 2.75) is 19.4 Å². The van der Waals surface area contributed by atoms with Gasteiger partial charge in [0.15, 0.2) is 5.82 Å². The number of hydrogen-bond donors (Lipinski definition) is 4. The van der Waals surface area contributed by atoms with Crippen molar-refractivity contribution in [2.24, 2.45) is 0 Å². The lowest BCUT2D eigenvalue weighted by Gasteiger charge is -2.20. The van der Waals surface area contributed by atoms with Crippen molar-refractivity contribution >= 4 is 23.4 Å². The number of anilines is 3. The molecule has 2 aromatic heterocycles. The predicted molar refractivity (Wildman–Crippen MR) is 126 cm³/mol. The SMILES string of the molecule is Cc1noc(-c2cnc(Nc3ccc4c(c3)CCNC4=O)nc2NC(CO)c2ccccc2)n1. The number of fused-ring (bicyclic) bond motifs is 1. The van der Waals surface area contributed by atoms with E-state index in [9.17, 15) is 9.90 Å². The van der Waals surface area contributed by atoms with Crippen LogP contribution < -0.4 is 16.0 Å². The highest BCUT2D eigenvalue weighted by atomic mass is 16.5. The van der Waals surface area contributed by atoms with E-state index in [1.54, 1.807) is 19.2 Å². The van der Waals surface area contributed by atoms with E-state index in [1.165, 1.54) is 0 Å². The van der Waals surface area contributed by atoms with Crippen molar-refractivity contribution in [1.29, 1.82) is 0 Å². The molecule has 0 fully saturated rings. The Labute approximate surface area is 195 Å². The Morgan fingerprint density at radius 1 is 1.15 bits per heavy atom. The molecule has 4 N–H and O–H groups in total. The summed E-state index contributed by atoms with van der Waals surface area (Å²) in [6, 6.07) is 14.7.